The van der Waals surface area contributed by atoms with Gasteiger partial charge in [0.15, 0.2) is 0 Å². The van der Waals surface area contributed by atoms with E-state index in [9.17, 15) is 12.8 Å². The minimum Gasteiger partial charge on any atom is -0.398 e. The first-order valence-corrected chi connectivity index (χ1v) is 8.98. The lowest BCUT2D eigenvalue weighted by Crippen LogP contribution is -2.41. The van der Waals surface area contributed by atoms with E-state index in [2.05, 4.69) is 15.9 Å². The second-order valence-corrected chi connectivity index (χ2v) is 7.80. The lowest BCUT2D eigenvalue weighted by molar-refractivity contribution is 0.226. The van der Waals surface area contributed by atoms with Crippen molar-refractivity contribution >= 4 is 31.6 Å². The Labute approximate surface area is 132 Å². The van der Waals surface area contributed by atoms with E-state index >= 15 is 0 Å². The highest BCUT2D eigenvalue weighted by atomic mass is 79.9. The van der Waals surface area contributed by atoms with Crippen LogP contribution in [0.3, 0.4) is 0 Å². The molecular weight excluding hydrogens is 363 g/mol. The molecule has 21 heavy (non-hydrogen) atoms. The number of aliphatic hydroxyl groups excluding tert-OH is 1. The van der Waals surface area contributed by atoms with Crippen LogP contribution in [-0.2, 0) is 10.0 Å². The van der Waals surface area contributed by atoms with Crippen LogP contribution in [0.1, 0.15) is 25.7 Å². The Morgan fingerprint density at radius 1 is 1.38 bits per heavy atom. The second kappa shape index (κ2) is 6.60. The molecule has 0 aliphatic heterocycles. The number of anilines is 1. The summed E-state index contributed by atoms with van der Waals surface area (Å²) in [6.45, 7) is -0.342. The van der Waals surface area contributed by atoms with Crippen LogP contribution in [0.15, 0.2) is 21.5 Å². The third-order valence-electron chi connectivity index (χ3n) is 3.69. The van der Waals surface area contributed by atoms with Gasteiger partial charge in [-0.25, -0.2) is 12.8 Å². The third-order valence-corrected chi connectivity index (χ3v) is 6.34. The molecule has 5 nitrogen and oxygen atoms in total. The number of sulfonamides is 1. The molecule has 2 rings (SSSR count). The predicted octanol–water partition coefficient (Wildman–Crippen LogP) is 2.10. The van der Waals surface area contributed by atoms with E-state index in [1.54, 1.807) is 0 Å². The highest BCUT2D eigenvalue weighted by molar-refractivity contribution is 9.10. The van der Waals surface area contributed by atoms with E-state index in [-0.39, 0.29) is 24.9 Å². The zero-order valence-corrected chi connectivity index (χ0v) is 13.8. The number of halogens is 2. The number of hydrogen-bond donors (Lipinski definition) is 2. The molecule has 1 fully saturated rings. The van der Waals surface area contributed by atoms with E-state index in [4.69, 9.17) is 10.8 Å². The van der Waals surface area contributed by atoms with Gasteiger partial charge >= 0.3 is 0 Å². The summed E-state index contributed by atoms with van der Waals surface area (Å²) in [6.07, 6.45) is 3.33. The van der Waals surface area contributed by atoms with Gasteiger partial charge in [-0.3, -0.25) is 0 Å². The second-order valence-electron chi connectivity index (χ2n) is 5.08. The molecule has 0 saturated heterocycles. The molecule has 0 radical (unpaired) electrons. The SMILES string of the molecule is Nc1cc(S(=O)(=O)N(CCO)C2CCCC2)c(F)cc1Br. The van der Waals surface area contributed by atoms with Gasteiger partial charge in [0, 0.05) is 22.7 Å². The molecule has 0 amide bonds. The minimum absolute atomic E-state index is 0.0393. The lowest BCUT2D eigenvalue weighted by Gasteiger charge is -2.27. The van der Waals surface area contributed by atoms with Gasteiger partial charge in [0.1, 0.15) is 10.7 Å². The van der Waals surface area contributed by atoms with Crippen LogP contribution in [0, 0.1) is 5.82 Å². The highest BCUT2D eigenvalue weighted by Gasteiger charge is 2.34. The number of hydrogen-bond acceptors (Lipinski definition) is 4. The summed E-state index contributed by atoms with van der Waals surface area (Å²) < 4.78 is 41.0. The molecule has 1 saturated carbocycles. The van der Waals surface area contributed by atoms with Crippen molar-refractivity contribution in [3.8, 4) is 0 Å². The van der Waals surface area contributed by atoms with Gasteiger partial charge in [0.2, 0.25) is 10.0 Å². The molecule has 3 N–H and O–H groups in total. The normalized spacial score (nSPS) is 16.8. The Bertz CT molecular complexity index is 618. The minimum atomic E-state index is -4.02. The summed E-state index contributed by atoms with van der Waals surface area (Å²) in [6, 6.07) is 1.98. The molecule has 1 aromatic carbocycles. The maximum Gasteiger partial charge on any atom is 0.246 e. The quantitative estimate of drug-likeness (QED) is 0.766. The van der Waals surface area contributed by atoms with E-state index < -0.39 is 20.7 Å². The molecule has 0 unspecified atom stereocenters. The van der Waals surface area contributed by atoms with Gasteiger partial charge in [-0.15, -0.1) is 0 Å². The van der Waals surface area contributed by atoms with Crippen LogP contribution in [0.5, 0.6) is 0 Å². The maximum atomic E-state index is 14.1. The number of nitrogen functional groups attached to an aromatic ring is 1. The molecule has 8 heteroatoms. The molecule has 0 atom stereocenters. The number of aliphatic hydroxyl groups is 1. The van der Waals surface area contributed by atoms with Crippen LogP contribution >= 0.6 is 15.9 Å². The van der Waals surface area contributed by atoms with Crippen molar-refractivity contribution < 1.29 is 17.9 Å². The van der Waals surface area contributed by atoms with Gasteiger partial charge in [-0.05, 0) is 40.9 Å². The smallest absolute Gasteiger partial charge is 0.246 e. The molecule has 0 aromatic heterocycles. The molecule has 1 aliphatic carbocycles. The monoisotopic (exact) mass is 380 g/mol. The first-order chi connectivity index (χ1) is 9.87. The zero-order chi connectivity index (χ0) is 15.6. The van der Waals surface area contributed by atoms with Crippen LogP contribution in [-0.4, -0.2) is 37.0 Å². The van der Waals surface area contributed by atoms with E-state index in [1.165, 1.54) is 4.31 Å². The predicted molar refractivity (Wildman–Crippen MR) is 81.7 cm³/mol. The third kappa shape index (κ3) is 3.39. The fourth-order valence-electron chi connectivity index (χ4n) is 2.66. The van der Waals surface area contributed by atoms with E-state index in [0.717, 1.165) is 37.8 Å². The maximum absolute atomic E-state index is 14.1. The molecular formula is C13H18BrFN2O3S. The number of nitrogens with zero attached hydrogens (tertiary/aromatic N) is 1. The summed E-state index contributed by atoms with van der Waals surface area (Å²) in [4.78, 5) is -0.441. The van der Waals surface area contributed by atoms with Crippen LogP contribution in [0.25, 0.3) is 0 Å². The average molecular weight is 381 g/mol. The number of rotatable bonds is 5. The van der Waals surface area contributed by atoms with Gasteiger partial charge in [0.05, 0.1) is 6.61 Å². The largest absolute Gasteiger partial charge is 0.398 e. The van der Waals surface area contributed by atoms with E-state index in [0.29, 0.717) is 4.47 Å². The Morgan fingerprint density at radius 3 is 2.57 bits per heavy atom. The van der Waals surface area contributed by atoms with Crippen molar-refractivity contribution in [2.75, 3.05) is 18.9 Å². The summed E-state index contributed by atoms with van der Waals surface area (Å²) >= 11 is 3.07. The molecule has 1 aliphatic rings. The Morgan fingerprint density at radius 2 is 2.00 bits per heavy atom. The average Bonchev–Trinajstić information content (AvgIpc) is 2.93. The topological polar surface area (TPSA) is 83.6 Å². The van der Waals surface area contributed by atoms with Crippen molar-refractivity contribution in [1.82, 2.24) is 4.31 Å². The van der Waals surface area contributed by atoms with E-state index in [1.807, 2.05) is 0 Å². The van der Waals surface area contributed by atoms with Crippen LogP contribution < -0.4 is 5.73 Å². The van der Waals surface area contributed by atoms with Gasteiger partial charge in [-0.2, -0.15) is 4.31 Å². The molecule has 1 aromatic rings. The van der Waals surface area contributed by atoms with Gasteiger partial charge < -0.3 is 10.8 Å². The van der Waals surface area contributed by atoms with Crippen molar-refractivity contribution in [2.24, 2.45) is 0 Å². The first-order valence-electron chi connectivity index (χ1n) is 6.75. The Kier molecular flexibility index (Phi) is 5.24. The molecule has 118 valence electrons. The molecule has 0 bridgehead atoms. The standard InChI is InChI=1S/C13H18BrFN2O3S/c14-10-7-11(15)13(8-12(10)16)21(19,20)17(5-6-18)9-3-1-2-4-9/h7-9,18H,1-6,16H2. The van der Waals surface area contributed by atoms with Crippen molar-refractivity contribution in [3.63, 3.8) is 0 Å². The lowest BCUT2D eigenvalue weighted by atomic mass is 10.2. The summed E-state index contributed by atoms with van der Waals surface area (Å²) in [7, 11) is -4.02. The van der Waals surface area contributed by atoms with Crippen molar-refractivity contribution in [3.05, 3.63) is 22.4 Å². The molecule has 0 heterocycles. The highest BCUT2D eigenvalue weighted by Crippen LogP contribution is 2.32. The van der Waals surface area contributed by atoms with Crippen molar-refractivity contribution in [2.45, 2.75) is 36.6 Å². The van der Waals surface area contributed by atoms with Crippen LogP contribution in [0.2, 0.25) is 0 Å². The summed E-state index contributed by atoms with van der Waals surface area (Å²) in [5, 5.41) is 9.14. The first kappa shape index (κ1) is 16.7. The Hall–Kier alpha value is -0.700. The van der Waals surface area contributed by atoms with Crippen molar-refractivity contribution in [1.29, 1.82) is 0 Å². The van der Waals surface area contributed by atoms with Gasteiger partial charge in [-0.1, -0.05) is 12.8 Å². The summed E-state index contributed by atoms with van der Waals surface area (Å²) in [5.41, 5.74) is 5.83. The zero-order valence-electron chi connectivity index (χ0n) is 11.4. The fraction of sp³-hybridized carbons (Fsp3) is 0.538. The summed E-state index contributed by atoms with van der Waals surface area (Å²) in [5.74, 6) is -0.850. The van der Waals surface area contributed by atoms with Gasteiger partial charge in [0.25, 0.3) is 0 Å². The number of benzene rings is 1. The fourth-order valence-corrected chi connectivity index (χ4v) is 4.73. The Balaban J connectivity index is 2.45. The molecule has 0 spiro atoms. The number of nitrogens with two attached hydrogens (primary N) is 1. The van der Waals surface area contributed by atoms with Crippen LogP contribution in [0.4, 0.5) is 10.1 Å².